The molecule has 0 bridgehead atoms. The Hall–Kier alpha value is -3.94. The molecular formula is C27H31N5O3. The molecule has 0 radical (unpaired) electrons. The zero-order chi connectivity index (χ0) is 24.9. The van der Waals surface area contributed by atoms with Gasteiger partial charge in [0.15, 0.2) is 6.04 Å². The van der Waals surface area contributed by atoms with Crippen molar-refractivity contribution in [2.45, 2.75) is 46.7 Å². The average molecular weight is 474 g/mol. The van der Waals surface area contributed by atoms with Gasteiger partial charge in [0, 0.05) is 12.2 Å². The lowest BCUT2D eigenvalue weighted by Gasteiger charge is -2.31. The maximum Gasteiger partial charge on any atom is 0.251 e. The van der Waals surface area contributed by atoms with Crippen LogP contribution >= 0.6 is 0 Å². The molecule has 8 heteroatoms. The topological polar surface area (TPSA) is 93.3 Å². The number of anilines is 1. The number of carbonyl (C=O) groups excluding carboxylic acids is 2. The van der Waals surface area contributed by atoms with Crippen molar-refractivity contribution < 1.29 is 14.0 Å². The van der Waals surface area contributed by atoms with Crippen LogP contribution in [-0.4, -0.2) is 33.4 Å². The van der Waals surface area contributed by atoms with Crippen LogP contribution in [0.25, 0.3) is 11.0 Å². The van der Waals surface area contributed by atoms with Gasteiger partial charge >= 0.3 is 0 Å². The Balaban J connectivity index is 1.76. The molecule has 2 aromatic heterocycles. The largest absolute Gasteiger partial charge is 0.467 e. The number of nitrogens with zero attached hydrogens (tertiary/aromatic N) is 4. The molecule has 0 fully saturated rings. The van der Waals surface area contributed by atoms with Crippen LogP contribution in [0.1, 0.15) is 43.2 Å². The number of amides is 2. The quantitative estimate of drug-likeness (QED) is 0.384. The van der Waals surface area contributed by atoms with Gasteiger partial charge in [0.05, 0.1) is 11.8 Å². The fraction of sp³-hybridized carbons (Fsp3) is 0.333. The van der Waals surface area contributed by atoms with E-state index in [-0.39, 0.29) is 18.4 Å². The van der Waals surface area contributed by atoms with E-state index in [0.29, 0.717) is 29.4 Å². The third-order valence-electron chi connectivity index (χ3n) is 5.94. The Kier molecular flexibility index (Phi) is 7.29. The minimum Gasteiger partial charge on any atom is -0.467 e. The number of carbonyl (C=O) groups is 2. The minimum absolute atomic E-state index is 0.0790. The van der Waals surface area contributed by atoms with Crippen molar-refractivity contribution in [3.05, 3.63) is 77.7 Å². The summed E-state index contributed by atoms with van der Waals surface area (Å²) in [4.78, 5) is 29.0. The van der Waals surface area contributed by atoms with Crippen LogP contribution in [0.15, 0.2) is 65.3 Å². The zero-order valence-electron chi connectivity index (χ0n) is 20.6. The van der Waals surface area contributed by atoms with Gasteiger partial charge in [-0.25, -0.2) is 4.68 Å². The third kappa shape index (κ3) is 5.42. The summed E-state index contributed by atoms with van der Waals surface area (Å²) in [6, 6.07) is 15.8. The van der Waals surface area contributed by atoms with Gasteiger partial charge in [-0.3, -0.25) is 14.5 Å². The van der Waals surface area contributed by atoms with Crippen molar-refractivity contribution in [2.75, 3.05) is 11.4 Å². The summed E-state index contributed by atoms with van der Waals surface area (Å²) in [5.74, 6) is 0.243. The first-order valence-electron chi connectivity index (χ1n) is 11.8. The Morgan fingerprint density at radius 1 is 1.09 bits per heavy atom. The van der Waals surface area contributed by atoms with Gasteiger partial charge in [-0.1, -0.05) is 43.3 Å². The van der Waals surface area contributed by atoms with E-state index < -0.39 is 6.04 Å². The minimum atomic E-state index is -0.972. The highest BCUT2D eigenvalue weighted by molar-refractivity contribution is 6.01. The smallest absolute Gasteiger partial charge is 0.251 e. The van der Waals surface area contributed by atoms with E-state index in [0.717, 1.165) is 23.1 Å². The van der Waals surface area contributed by atoms with Gasteiger partial charge in [0.2, 0.25) is 5.91 Å². The van der Waals surface area contributed by atoms with Crippen LogP contribution in [0.3, 0.4) is 0 Å². The highest BCUT2D eigenvalue weighted by Gasteiger charge is 2.36. The molecule has 0 aliphatic carbocycles. The maximum absolute atomic E-state index is 14.0. The molecule has 2 aromatic carbocycles. The number of para-hydroxylation sites is 1. The van der Waals surface area contributed by atoms with Gasteiger partial charge in [-0.2, -0.15) is 0 Å². The molecule has 0 unspecified atom stereocenters. The predicted octanol–water partition coefficient (Wildman–Crippen LogP) is 4.58. The van der Waals surface area contributed by atoms with Gasteiger partial charge in [-0.15, -0.1) is 5.10 Å². The van der Waals surface area contributed by atoms with Gasteiger partial charge in [-0.05, 0) is 67.6 Å². The Labute approximate surface area is 204 Å². The Morgan fingerprint density at radius 3 is 2.63 bits per heavy atom. The molecule has 4 aromatic rings. The number of nitrogens with one attached hydrogen (secondary N) is 1. The number of rotatable bonds is 9. The number of benzene rings is 2. The maximum atomic E-state index is 14.0. The number of aromatic nitrogens is 3. The van der Waals surface area contributed by atoms with Crippen molar-refractivity contribution in [1.82, 2.24) is 20.3 Å². The molecule has 0 saturated heterocycles. The second kappa shape index (κ2) is 10.5. The van der Waals surface area contributed by atoms with Crippen LogP contribution in [0, 0.1) is 19.8 Å². The molecule has 4 rings (SSSR count). The SMILES string of the molecule is Cc1ccc(C)c(N(C(=O)Cn2nnc3ccccc32)[C@H](C(=O)NCCC(C)C)c2ccco2)c1. The lowest BCUT2D eigenvalue weighted by atomic mass is 10.0. The first kappa shape index (κ1) is 24.2. The van der Waals surface area contributed by atoms with Crippen LogP contribution < -0.4 is 10.2 Å². The number of hydrogen-bond donors (Lipinski definition) is 1. The van der Waals surface area contributed by atoms with Gasteiger partial charge in [0.1, 0.15) is 17.8 Å². The molecule has 0 saturated carbocycles. The molecule has 0 aliphatic heterocycles. The predicted molar refractivity (Wildman–Crippen MR) is 135 cm³/mol. The van der Waals surface area contributed by atoms with Crippen molar-refractivity contribution in [3.8, 4) is 0 Å². The molecule has 35 heavy (non-hydrogen) atoms. The van der Waals surface area contributed by atoms with Crippen LogP contribution in [0.5, 0.6) is 0 Å². The molecule has 2 heterocycles. The molecule has 0 aliphatic rings. The van der Waals surface area contributed by atoms with Gasteiger partial charge < -0.3 is 9.73 Å². The third-order valence-corrected chi connectivity index (χ3v) is 5.94. The van der Waals surface area contributed by atoms with Crippen molar-refractivity contribution in [3.63, 3.8) is 0 Å². The summed E-state index contributed by atoms with van der Waals surface area (Å²) < 4.78 is 7.24. The Bertz CT molecular complexity index is 1310. The molecule has 1 atom stereocenters. The van der Waals surface area contributed by atoms with Crippen molar-refractivity contribution >= 4 is 28.5 Å². The summed E-state index contributed by atoms with van der Waals surface area (Å²) in [7, 11) is 0. The first-order valence-corrected chi connectivity index (χ1v) is 11.8. The van der Waals surface area contributed by atoms with E-state index in [2.05, 4.69) is 29.5 Å². The zero-order valence-corrected chi connectivity index (χ0v) is 20.6. The summed E-state index contributed by atoms with van der Waals surface area (Å²) in [5, 5.41) is 11.4. The second-order valence-corrected chi connectivity index (χ2v) is 9.18. The van der Waals surface area contributed by atoms with E-state index in [1.807, 2.05) is 56.3 Å². The van der Waals surface area contributed by atoms with Gasteiger partial charge in [0.25, 0.3) is 5.91 Å². The number of fused-ring (bicyclic) bond motifs is 1. The summed E-state index contributed by atoms with van der Waals surface area (Å²) in [6.45, 7) is 8.52. The molecular weight excluding hydrogens is 442 g/mol. The Morgan fingerprint density at radius 2 is 1.89 bits per heavy atom. The second-order valence-electron chi connectivity index (χ2n) is 9.18. The standard InChI is InChI=1S/C27H31N5O3/c1-18(2)13-14-28-27(34)26(24-10-7-15-35-24)32(23-16-19(3)11-12-20(23)4)25(33)17-31-22-9-6-5-8-21(22)29-30-31/h5-12,15-16,18,26H,13-14,17H2,1-4H3,(H,28,34)/t26-/m0/s1. The van der Waals surface area contributed by atoms with Crippen molar-refractivity contribution in [2.24, 2.45) is 5.92 Å². The number of furan rings is 1. The van der Waals surface area contributed by atoms with Crippen LogP contribution in [0.4, 0.5) is 5.69 Å². The fourth-order valence-corrected chi connectivity index (χ4v) is 4.04. The molecule has 2 amide bonds. The number of aryl methyl sites for hydroxylation is 2. The molecule has 182 valence electrons. The van der Waals surface area contributed by atoms with E-state index in [4.69, 9.17) is 4.42 Å². The normalized spacial score (nSPS) is 12.1. The molecule has 8 nitrogen and oxygen atoms in total. The summed E-state index contributed by atoms with van der Waals surface area (Å²) in [6.07, 6.45) is 2.35. The van der Waals surface area contributed by atoms with E-state index in [9.17, 15) is 9.59 Å². The highest BCUT2D eigenvalue weighted by Crippen LogP contribution is 2.32. The van der Waals surface area contributed by atoms with E-state index in [1.165, 1.54) is 11.2 Å². The molecule has 0 spiro atoms. The summed E-state index contributed by atoms with van der Waals surface area (Å²) in [5.41, 5.74) is 3.96. The van der Waals surface area contributed by atoms with E-state index >= 15 is 0 Å². The average Bonchev–Trinajstić information content (AvgIpc) is 3.49. The molecule has 1 N–H and O–H groups in total. The number of hydrogen-bond acceptors (Lipinski definition) is 5. The van der Waals surface area contributed by atoms with Crippen molar-refractivity contribution in [1.29, 1.82) is 0 Å². The lowest BCUT2D eigenvalue weighted by molar-refractivity contribution is -0.127. The summed E-state index contributed by atoms with van der Waals surface area (Å²) >= 11 is 0. The van der Waals surface area contributed by atoms with Crippen LogP contribution in [-0.2, 0) is 16.1 Å². The lowest BCUT2D eigenvalue weighted by Crippen LogP contribution is -2.45. The monoisotopic (exact) mass is 473 g/mol. The van der Waals surface area contributed by atoms with Crippen LogP contribution in [0.2, 0.25) is 0 Å². The van der Waals surface area contributed by atoms with E-state index in [1.54, 1.807) is 16.8 Å². The first-order chi connectivity index (χ1) is 16.8. The fourth-order valence-electron chi connectivity index (χ4n) is 4.04. The highest BCUT2D eigenvalue weighted by atomic mass is 16.3.